The maximum Gasteiger partial charge on any atom is 0.225 e. The molecule has 2 heterocycles. The minimum Gasteiger partial charge on any atom is -0.397 e. The number of nitrogens with one attached hydrogen (secondary N) is 2. The summed E-state index contributed by atoms with van der Waals surface area (Å²) in [6.07, 6.45) is 4.99. The van der Waals surface area contributed by atoms with Gasteiger partial charge in [-0.3, -0.25) is 19.4 Å². The second-order valence-electron chi connectivity index (χ2n) is 7.81. The number of rotatable bonds is 9. The highest BCUT2D eigenvalue weighted by molar-refractivity contribution is 6.00. The Morgan fingerprint density at radius 2 is 1.74 bits per heavy atom. The number of carbonyl (C=O) groups is 3. The third-order valence-corrected chi connectivity index (χ3v) is 5.31. The summed E-state index contributed by atoms with van der Waals surface area (Å²) in [5.74, 6) is -1.44. The van der Waals surface area contributed by atoms with E-state index >= 15 is 4.39 Å². The molecule has 0 bridgehead atoms. The van der Waals surface area contributed by atoms with Gasteiger partial charge in [0.2, 0.25) is 17.7 Å². The van der Waals surface area contributed by atoms with Gasteiger partial charge in [0.05, 0.1) is 17.6 Å². The van der Waals surface area contributed by atoms with Gasteiger partial charge in [-0.1, -0.05) is 0 Å². The van der Waals surface area contributed by atoms with E-state index in [9.17, 15) is 14.4 Å². The van der Waals surface area contributed by atoms with Crippen LogP contribution in [0.1, 0.15) is 31.2 Å². The van der Waals surface area contributed by atoms with Crippen molar-refractivity contribution < 1.29 is 18.8 Å². The summed E-state index contributed by atoms with van der Waals surface area (Å²) in [6, 6.07) is 3.20. The van der Waals surface area contributed by atoms with Gasteiger partial charge in [-0.05, 0) is 36.4 Å². The molecular formula is C23H26FN7O3. The smallest absolute Gasteiger partial charge is 0.225 e. The molecule has 2 aromatic heterocycles. The molecule has 0 saturated carbocycles. The fourth-order valence-electron chi connectivity index (χ4n) is 3.40. The van der Waals surface area contributed by atoms with Crippen molar-refractivity contribution in [2.24, 2.45) is 5.73 Å². The van der Waals surface area contributed by atoms with Gasteiger partial charge in [-0.2, -0.15) is 0 Å². The monoisotopic (exact) mass is 467 g/mol. The number of nitrogens with zero attached hydrogens (tertiary/aromatic N) is 2. The number of benzene rings is 1. The Hall–Kier alpha value is -4.28. The van der Waals surface area contributed by atoms with E-state index in [0.717, 1.165) is 0 Å². The van der Waals surface area contributed by atoms with Gasteiger partial charge in [0.15, 0.2) is 5.82 Å². The van der Waals surface area contributed by atoms with Crippen LogP contribution in [0.4, 0.5) is 21.6 Å². The zero-order valence-electron chi connectivity index (χ0n) is 18.7. The van der Waals surface area contributed by atoms with E-state index in [1.807, 2.05) is 0 Å². The van der Waals surface area contributed by atoms with Crippen molar-refractivity contribution in [3.63, 3.8) is 0 Å². The molecule has 0 radical (unpaired) electrons. The molecule has 0 aliphatic heterocycles. The molecule has 11 heteroatoms. The summed E-state index contributed by atoms with van der Waals surface area (Å²) in [4.78, 5) is 42.8. The van der Waals surface area contributed by atoms with Crippen molar-refractivity contribution in [3.05, 3.63) is 42.1 Å². The van der Waals surface area contributed by atoms with Crippen LogP contribution >= 0.6 is 0 Å². The molecule has 0 saturated heterocycles. The van der Waals surface area contributed by atoms with E-state index < -0.39 is 11.7 Å². The van der Waals surface area contributed by atoms with E-state index in [0.29, 0.717) is 34.0 Å². The molecule has 3 amide bonds. The topological polar surface area (TPSA) is 179 Å². The molecule has 8 N–H and O–H groups in total. The van der Waals surface area contributed by atoms with Gasteiger partial charge < -0.3 is 27.8 Å². The molecule has 34 heavy (non-hydrogen) atoms. The molecular weight excluding hydrogens is 441 g/mol. The third-order valence-electron chi connectivity index (χ3n) is 5.31. The Kier molecular flexibility index (Phi) is 7.57. The van der Waals surface area contributed by atoms with Crippen molar-refractivity contribution in [1.82, 2.24) is 15.3 Å². The van der Waals surface area contributed by atoms with E-state index in [4.69, 9.17) is 17.2 Å². The van der Waals surface area contributed by atoms with Crippen LogP contribution in [0.25, 0.3) is 21.9 Å². The average Bonchev–Trinajstić information content (AvgIpc) is 2.78. The number of anilines is 3. The lowest BCUT2D eigenvalue weighted by Crippen LogP contribution is -2.27. The quantitative estimate of drug-likeness (QED) is 0.298. The number of amides is 3. The Morgan fingerprint density at radius 1 is 1.00 bits per heavy atom. The number of carbonyl (C=O) groups excluding carboxylic acids is 3. The fraction of sp³-hybridized carbons (Fsp3) is 0.261. The molecule has 0 aliphatic carbocycles. The Morgan fingerprint density at radius 3 is 2.47 bits per heavy atom. The number of primary amides is 1. The first-order valence-electron chi connectivity index (χ1n) is 10.6. The second kappa shape index (κ2) is 10.6. The van der Waals surface area contributed by atoms with Crippen molar-refractivity contribution in [3.8, 4) is 11.1 Å². The average molecular weight is 468 g/mol. The number of hydrogen-bond acceptors (Lipinski definition) is 7. The van der Waals surface area contributed by atoms with Gasteiger partial charge in [0, 0.05) is 54.7 Å². The predicted molar refractivity (Wildman–Crippen MR) is 128 cm³/mol. The Bertz CT molecular complexity index is 1260. The predicted octanol–water partition coefficient (Wildman–Crippen LogP) is 2.01. The van der Waals surface area contributed by atoms with E-state index in [-0.39, 0.29) is 54.7 Å². The summed E-state index contributed by atoms with van der Waals surface area (Å²) in [5.41, 5.74) is 18.7. The summed E-state index contributed by atoms with van der Waals surface area (Å²) in [7, 11) is 0. The van der Waals surface area contributed by atoms with Crippen LogP contribution in [0.3, 0.4) is 0 Å². The number of fused-ring (bicyclic) bond motifs is 1. The Balaban J connectivity index is 1.70. The van der Waals surface area contributed by atoms with Crippen LogP contribution in [-0.2, 0) is 14.4 Å². The van der Waals surface area contributed by atoms with Gasteiger partial charge in [-0.25, -0.2) is 9.37 Å². The normalized spacial score (nSPS) is 10.8. The molecule has 0 aliphatic rings. The van der Waals surface area contributed by atoms with Gasteiger partial charge in [0.1, 0.15) is 5.82 Å². The van der Waals surface area contributed by atoms with Crippen molar-refractivity contribution >= 4 is 45.7 Å². The first-order chi connectivity index (χ1) is 16.2. The number of aromatic nitrogens is 2. The highest BCUT2D eigenvalue weighted by atomic mass is 19.1. The molecule has 0 spiro atoms. The molecule has 1 aromatic carbocycles. The van der Waals surface area contributed by atoms with E-state index in [2.05, 4.69) is 20.6 Å². The summed E-state index contributed by atoms with van der Waals surface area (Å²) in [6.45, 7) is 1.93. The fourth-order valence-corrected chi connectivity index (χ4v) is 3.40. The first-order valence-corrected chi connectivity index (χ1v) is 10.6. The van der Waals surface area contributed by atoms with Gasteiger partial charge in [-0.15, -0.1) is 0 Å². The Labute approximate surface area is 195 Å². The SMILES string of the molecule is Cc1c(N)cncc1-c1cc2cc(NC(=O)CCCC(=O)NCCC(N)=O)ncc2c(N)c1F. The van der Waals surface area contributed by atoms with Crippen LogP contribution in [0, 0.1) is 12.7 Å². The number of hydrogen-bond donors (Lipinski definition) is 5. The molecule has 0 fully saturated rings. The van der Waals surface area contributed by atoms with Crippen LogP contribution in [0.2, 0.25) is 0 Å². The largest absolute Gasteiger partial charge is 0.397 e. The van der Waals surface area contributed by atoms with Crippen LogP contribution in [0.5, 0.6) is 0 Å². The van der Waals surface area contributed by atoms with E-state index in [1.54, 1.807) is 19.1 Å². The molecule has 3 rings (SSSR count). The maximum absolute atomic E-state index is 15.0. The molecule has 0 unspecified atom stereocenters. The molecule has 0 atom stereocenters. The maximum atomic E-state index is 15.0. The minimum absolute atomic E-state index is 0.0593. The van der Waals surface area contributed by atoms with Crippen molar-refractivity contribution in [2.75, 3.05) is 23.3 Å². The van der Waals surface area contributed by atoms with E-state index in [1.165, 1.54) is 18.6 Å². The van der Waals surface area contributed by atoms with Crippen LogP contribution < -0.4 is 27.8 Å². The van der Waals surface area contributed by atoms with Gasteiger partial charge >= 0.3 is 0 Å². The van der Waals surface area contributed by atoms with Crippen LogP contribution in [0.15, 0.2) is 30.7 Å². The van der Waals surface area contributed by atoms with Crippen LogP contribution in [-0.4, -0.2) is 34.2 Å². The van der Waals surface area contributed by atoms with Gasteiger partial charge in [0.25, 0.3) is 0 Å². The zero-order chi connectivity index (χ0) is 24.8. The summed E-state index contributed by atoms with van der Waals surface area (Å²) in [5, 5.41) is 6.21. The minimum atomic E-state index is -0.601. The summed E-state index contributed by atoms with van der Waals surface area (Å²) >= 11 is 0. The number of pyridine rings is 2. The second-order valence-corrected chi connectivity index (χ2v) is 7.81. The lowest BCUT2D eigenvalue weighted by molar-refractivity contribution is -0.121. The summed E-state index contributed by atoms with van der Waals surface area (Å²) < 4.78 is 15.0. The number of halogens is 1. The highest BCUT2D eigenvalue weighted by Gasteiger charge is 2.17. The lowest BCUT2D eigenvalue weighted by atomic mass is 9.97. The number of nitrogens with two attached hydrogens (primary N) is 3. The zero-order valence-corrected chi connectivity index (χ0v) is 18.7. The molecule has 3 aromatic rings. The molecule has 10 nitrogen and oxygen atoms in total. The third kappa shape index (κ3) is 5.74. The van der Waals surface area contributed by atoms with Crippen molar-refractivity contribution in [2.45, 2.75) is 32.6 Å². The lowest BCUT2D eigenvalue weighted by Gasteiger charge is -2.13. The number of nitrogen functional groups attached to an aromatic ring is 2. The molecule has 178 valence electrons. The van der Waals surface area contributed by atoms with Crippen molar-refractivity contribution in [1.29, 1.82) is 0 Å². The highest BCUT2D eigenvalue weighted by Crippen LogP contribution is 2.36. The first kappa shape index (κ1) is 24.4. The standard InChI is InChI=1S/C23H26FN7O3/c1-12-15(9-28-11-17(12)25)14-7-13-8-19(30-10-16(13)23(27)22(14)24)31-21(34)4-2-3-20(33)29-6-5-18(26)32/h7-11H,2-6,25,27H2,1H3,(H2,26,32)(H,29,33)(H,30,31,34).